The normalized spacial score (nSPS) is 25.5. The van der Waals surface area contributed by atoms with Crippen LogP contribution >= 0.6 is 6.89 Å². The quantitative estimate of drug-likeness (QED) is 0.258. The summed E-state index contributed by atoms with van der Waals surface area (Å²) < 4.78 is 12.7. The molecule has 2 aliphatic rings. The first-order valence-electron chi connectivity index (χ1n) is 10.0. The van der Waals surface area contributed by atoms with E-state index < -0.39 is 25.2 Å². The highest BCUT2D eigenvalue weighted by Gasteiger charge is 2.45. The topological polar surface area (TPSA) is 132 Å². The zero-order valence-corrected chi connectivity index (χ0v) is 19.2. The summed E-state index contributed by atoms with van der Waals surface area (Å²) in [6.07, 6.45) is 6.15. The third-order valence-electron chi connectivity index (χ3n) is 5.01. The molecule has 3 atom stereocenters. The summed E-state index contributed by atoms with van der Waals surface area (Å²) in [6, 6.07) is 0.119. The maximum absolute atomic E-state index is 10.6. The summed E-state index contributed by atoms with van der Waals surface area (Å²) >= 11 is 0. The van der Waals surface area contributed by atoms with Crippen molar-refractivity contribution in [2.75, 3.05) is 45.1 Å². The fourth-order valence-electron chi connectivity index (χ4n) is 3.19. The lowest BCUT2D eigenvalue weighted by Gasteiger charge is -2.17. The van der Waals surface area contributed by atoms with Gasteiger partial charge in [-0.1, -0.05) is 16.6 Å². The molecule has 0 aromatic carbocycles. The van der Waals surface area contributed by atoms with Crippen LogP contribution in [0.3, 0.4) is 0 Å². The first-order chi connectivity index (χ1) is 14.6. The van der Waals surface area contributed by atoms with Gasteiger partial charge in [-0.05, 0) is 37.8 Å². The monoisotopic (exact) mass is 452 g/mol. The summed E-state index contributed by atoms with van der Waals surface area (Å²) in [7, 11) is 1.46. The Morgan fingerprint density at radius 3 is 2.77 bits per heavy atom. The number of aliphatic hydroxyl groups is 3. The lowest BCUT2D eigenvalue weighted by molar-refractivity contribution is -0.313. The van der Waals surface area contributed by atoms with Gasteiger partial charge in [0.15, 0.2) is 11.9 Å². The highest BCUT2D eigenvalue weighted by atomic mass is 31.2. The van der Waals surface area contributed by atoms with Crippen molar-refractivity contribution in [3.8, 4) is 6.01 Å². The van der Waals surface area contributed by atoms with Gasteiger partial charge in [0.2, 0.25) is 6.34 Å². The van der Waals surface area contributed by atoms with Gasteiger partial charge in [-0.15, -0.1) is 13.2 Å². The van der Waals surface area contributed by atoms with Crippen LogP contribution in [0.5, 0.6) is 6.01 Å². The van der Waals surface area contributed by atoms with Crippen LogP contribution in [0.2, 0.25) is 0 Å². The number of nitrogens with one attached hydrogen (secondary N) is 1. The van der Waals surface area contributed by atoms with Crippen molar-refractivity contribution in [3.63, 3.8) is 0 Å². The highest BCUT2D eigenvalue weighted by Crippen LogP contribution is 2.40. The van der Waals surface area contributed by atoms with E-state index in [1.54, 1.807) is 0 Å². The molecule has 3 rings (SSSR count). The molecule has 1 saturated heterocycles. The predicted molar refractivity (Wildman–Crippen MR) is 123 cm³/mol. The smallest absolute Gasteiger partial charge is 0.397 e. The van der Waals surface area contributed by atoms with E-state index >= 15 is 0 Å². The first-order valence-corrected chi connectivity index (χ1v) is 13.1. The van der Waals surface area contributed by atoms with Gasteiger partial charge in [-0.25, -0.2) is 0 Å². The van der Waals surface area contributed by atoms with Crippen molar-refractivity contribution < 1.29 is 29.4 Å². The molecule has 0 saturated carbocycles. The number of ether oxygens (including phenoxy) is 2. The average Bonchev–Trinajstić information content (AvgIpc) is 3.27. The Hall–Kier alpha value is -2.26. The van der Waals surface area contributed by atoms with E-state index in [1.165, 1.54) is 18.0 Å². The minimum absolute atomic E-state index is 0.0247. The SMILES string of the molecule is C=P(C)(C)CC[C@H]1OC(=[N+]2C=Nc3c(NC/C=C(/C)CO)nc(OC)nc32)[C@H](O)[C@@H]1O. The molecule has 0 bridgehead atoms. The Morgan fingerprint density at radius 1 is 1.39 bits per heavy atom. The van der Waals surface area contributed by atoms with Gasteiger partial charge >= 0.3 is 11.8 Å². The van der Waals surface area contributed by atoms with Gasteiger partial charge < -0.3 is 30.1 Å². The van der Waals surface area contributed by atoms with E-state index in [0.717, 1.165) is 11.7 Å². The van der Waals surface area contributed by atoms with Gasteiger partial charge in [0.05, 0.1) is 13.7 Å². The molecule has 4 N–H and O–H groups in total. The van der Waals surface area contributed by atoms with Gasteiger partial charge in [0.25, 0.3) is 11.6 Å². The van der Waals surface area contributed by atoms with Gasteiger partial charge in [-0.2, -0.15) is 9.56 Å². The van der Waals surface area contributed by atoms with Crippen LogP contribution in [0, 0.1) is 0 Å². The molecule has 3 heterocycles. The predicted octanol–water partition coefficient (Wildman–Crippen LogP) is 0.771. The molecule has 0 unspecified atom stereocenters. The van der Waals surface area contributed by atoms with Crippen LogP contribution in [-0.2, 0) is 4.74 Å². The number of aromatic nitrogens is 2. The van der Waals surface area contributed by atoms with E-state index in [9.17, 15) is 10.2 Å². The lowest BCUT2D eigenvalue weighted by atomic mass is 10.1. The van der Waals surface area contributed by atoms with Crippen molar-refractivity contribution in [2.45, 2.75) is 31.7 Å². The van der Waals surface area contributed by atoms with Gasteiger partial charge in [-0.3, -0.25) is 0 Å². The van der Waals surface area contributed by atoms with Crippen LogP contribution in [0.15, 0.2) is 16.6 Å². The molecule has 11 heteroatoms. The van der Waals surface area contributed by atoms with Crippen LogP contribution in [0.1, 0.15) is 13.3 Å². The molecule has 10 nitrogen and oxygen atoms in total. The summed E-state index contributed by atoms with van der Waals surface area (Å²) in [5.41, 5.74) is 1.28. The second-order valence-corrected chi connectivity index (χ2v) is 12.6. The summed E-state index contributed by atoms with van der Waals surface area (Å²) in [5.74, 6) is 0.989. The molecular formula is C20H31N5O5P+. The number of aliphatic imine (C=N–C) groups is 1. The molecule has 0 spiro atoms. The summed E-state index contributed by atoms with van der Waals surface area (Å²) in [6.45, 7) is 5.17. The van der Waals surface area contributed by atoms with Crippen LogP contribution < -0.4 is 10.1 Å². The van der Waals surface area contributed by atoms with E-state index in [-0.39, 0.29) is 18.5 Å². The lowest BCUT2D eigenvalue weighted by Crippen LogP contribution is -2.33. The number of hydrogen-bond donors (Lipinski definition) is 4. The molecule has 170 valence electrons. The van der Waals surface area contributed by atoms with Gasteiger partial charge in [0.1, 0.15) is 12.2 Å². The molecular weight excluding hydrogens is 421 g/mol. The molecule has 1 fully saturated rings. The molecule has 2 aliphatic heterocycles. The van der Waals surface area contributed by atoms with E-state index in [2.05, 4.69) is 39.9 Å². The molecule has 1 aromatic heterocycles. The van der Waals surface area contributed by atoms with Crippen molar-refractivity contribution in [2.24, 2.45) is 4.99 Å². The molecule has 1 aromatic rings. The summed E-state index contributed by atoms with van der Waals surface area (Å²) in [4.78, 5) is 13.0. The number of hydrogen-bond acceptors (Lipinski definition) is 9. The standard InChI is InChI=1S/C20H31N5O5P/c1-12(10-26)6-8-21-17-14-18(24-20(23-17)29-2)25(11-22-14)19-16(28)15(27)13(30-19)7-9-31(3,4)5/h6,11,13,15-16,26-28H,3,7-10H2,1-2,4-5H3,(H,21,23,24)/q+1/b12-6-,25-19?/t13-,15-,16-/m1/s1. The minimum Gasteiger partial charge on any atom is -0.463 e. The fourth-order valence-corrected chi connectivity index (χ4v) is 4.15. The minimum atomic E-state index is -1.29. The second-order valence-electron chi connectivity index (χ2n) is 8.31. The third kappa shape index (κ3) is 5.33. The first kappa shape index (κ1) is 23.4. The second kappa shape index (κ2) is 9.48. The zero-order chi connectivity index (χ0) is 22.8. The molecule has 31 heavy (non-hydrogen) atoms. The largest absolute Gasteiger partial charge is 0.463 e. The highest BCUT2D eigenvalue weighted by molar-refractivity contribution is 7.72. The number of nitrogens with zero attached hydrogens (tertiary/aromatic N) is 4. The zero-order valence-electron chi connectivity index (χ0n) is 18.3. The Kier molecular flexibility index (Phi) is 7.16. The third-order valence-corrected chi connectivity index (χ3v) is 6.48. The molecule has 0 amide bonds. The molecule has 0 aliphatic carbocycles. The van der Waals surface area contributed by atoms with Crippen LogP contribution in [0.25, 0.3) is 0 Å². The van der Waals surface area contributed by atoms with E-state index in [1.807, 2.05) is 13.0 Å². The number of aliphatic hydroxyl groups excluding tert-OH is 3. The van der Waals surface area contributed by atoms with Crippen molar-refractivity contribution in [1.29, 1.82) is 0 Å². The number of rotatable bonds is 8. The van der Waals surface area contributed by atoms with Crippen LogP contribution in [-0.4, -0.2) is 106 Å². The van der Waals surface area contributed by atoms with Crippen molar-refractivity contribution >= 4 is 42.7 Å². The van der Waals surface area contributed by atoms with Gasteiger partial charge in [0, 0.05) is 6.54 Å². The Balaban J connectivity index is 1.91. The Bertz CT molecular complexity index is 971. The van der Waals surface area contributed by atoms with Crippen molar-refractivity contribution in [3.05, 3.63) is 11.6 Å². The average molecular weight is 452 g/mol. The summed E-state index contributed by atoms with van der Waals surface area (Å²) in [5, 5.41) is 33.4. The Morgan fingerprint density at radius 2 is 2.13 bits per heavy atom. The van der Waals surface area contributed by atoms with E-state index in [4.69, 9.17) is 14.6 Å². The number of methoxy groups -OCH3 is 1. The fraction of sp³-hybridized carbons (Fsp3) is 0.550. The van der Waals surface area contributed by atoms with E-state index in [0.29, 0.717) is 30.3 Å². The molecule has 0 radical (unpaired) electrons. The van der Waals surface area contributed by atoms with Crippen LogP contribution in [0.4, 0.5) is 17.3 Å². The number of anilines is 1. The maximum Gasteiger partial charge on any atom is 0.397 e. The Labute approximate surface area is 182 Å². The number of fused-ring (bicyclic) bond motifs is 1. The maximum atomic E-state index is 10.6. The van der Waals surface area contributed by atoms with Crippen molar-refractivity contribution in [1.82, 2.24) is 9.97 Å².